The van der Waals surface area contributed by atoms with E-state index in [2.05, 4.69) is 9.27 Å². The van der Waals surface area contributed by atoms with Crippen LogP contribution in [0, 0.1) is 12.8 Å². The molecule has 2 rings (SSSR count). The van der Waals surface area contributed by atoms with Gasteiger partial charge in [-0.25, -0.2) is 0 Å². The predicted molar refractivity (Wildman–Crippen MR) is 63.3 cm³/mol. The number of rotatable bonds is 2. The minimum atomic E-state index is 0.282. The second-order valence-electron chi connectivity index (χ2n) is 4.13. The van der Waals surface area contributed by atoms with Crippen LogP contribution in [0.4, 0.5) is 10.8 Å². The van der Waals surface area contributed by atoms with Gasteiger partial charge in [0, 0.05) is 25.3 Å². The molecule has 1 aliphatic heterocycles. The lowest BCUT2D eigenvalue weighted by molar-refractivity contribution is 0.209. The van der Waals surface area contributed by atoms with Crippen LogP contribution >= 0.6 is 11.5 Å². The molecule has 0 aliphatic carbocycles. The summed E-state index contributed by atoms with van der Waals surface area (Å²) in [5.41, 5.74) is 6.82. The molecular weight excluding hydrogens is 210 g/mol. The van der Waals surface area contributed by atoms with E-state index in [-0.39, 0.29) is 6.61 Å². The molecule has 1 unspecified atom stereocenters. The van der Waals surface area contributed by atoms with Crippen LogP contribution in [0.1, 0.15) is 18.4 Å². The highest BCUT2D eigenvalue weighted by atomic mass is 32.1. The highest BCUT2D eigenvalue weighted by Crippen LogP contribution is 2.32. The van der Waals surface area contributed by atoms with Crippen molar-refractivity contribution >= 4 is 22.4 Å². The molecule has 0 radical (unpaired) electrons. The first-order valence-electron chi connectivity index (χ1n) is 5.30. The molecule has 0 amide bonds. The van der Waals surface area contributed by atoms with E-state index >= 15 is 0 Å². The van der Waals surface area contributed by atoms with Crippen molar-refractivity contribution in [1.29, 1.82) is 0 Å². The van der Waals surface area contributed by atoms with Crippen molar-refractivity contribution < 1.29 is 5.11 Å². The summed E-state index contributed by atoms with van der Waals surface area (Å²) in [7, 11) is 0. The lowest BCUT2D eigenvalue weighted by Crippen LogP contribution is -2.36. The standard InChI is InChI=1S/C10H17N3OS/c1-7-9(11)12-15-10(7)13-4-2-3-8(5-13)6-14/h8,14H,2-6H2,1H3,(H2,11,12). The SMILES string of the molecule is Cc1c(N)nsc1N1CCCC(CO)C1. The number of aromatic nitrogens is 1. The first kappa shape index (κ1) is 10.7. The van der Waals surface area contributed by atoms with Gasteiger partial charge in [0.15, 0.2) is 0 Å². The average Bonchev–Trinajstić information content (AvgIpc) is 2.60. The lowest BCUT2D eigenvalue weighted by atomic mass is 9.99. The van der Waals surface area contributed by atoms with E-state index in [1.54, 1.807) is 0 Å². The molecule has 1 aromatic rings. The fraction of sp³-hybridized carbons (Fsp3) is 0.700. The fourth-order valence-electron chi connectivity index (χ4n) is 2.03. The van der Waals surface area contributed by atoms with Crippen LogP contribution in [0.15, 0.2) is 0 Å². The van der Waals surface area contributed by atoms with Crippen molar-refractivity contribution in [1.82, 2.24) is 4.37 Å². The summed E-state index contributed by atoms with van der Waals surface area (Å²) in [6.45, 7) is 4.28. The maximum Gasteiger partial charge on any atom is 0.142 e. The topological polar surface area (TPSA) is 62.4 Å². The van der Waals surface area contributed by atoms with Gasteiger partial charge >= 0.3 is 0 Å². The summed E-state index contributed by atoms with van der Waals surface area (Å²) in [6, 6.07) is 0. The average molecular weight is 227 g/mol. The largest absolute Gasteiger partial charge is 0.396 e. The summed E-state index contributed by atoms with van der Waals surface area (Å²) in [6.07, 6.45) is 2.27. The van der Waals surface area contributed by atoms with Gasteiger partial charge in [-0.15, -0.1) is 0 Å². The molecule has 1 aliphatic rings. The Kier molecular flexibility index (Phi) is 3.11. The Hall–Kier alpha value is -0.810. The summed E-state index contributed by atoms with van der Waals surface area (Å²) in [4.78, 5) is 2.30. The zero-order valence-corrected chi connectivity index (χ0v) is 9.76. The minimum Gasteiger partial charge on any atom is -0.396 e. The van der Waals surface area contributed by atoms with Gasteiger partial charge in [0.05, 0.1) is 0 Å². The highest BCUT2D eigenvalue weighted by Gasteiger charge is 2.22. The maximum atomic E-state index is 9.17. The van der Waals surface area contributed by atoms with E-state index in [1.165, 1.54) is 16.5 Å². The second kappa shape index (κ2) is 4.37. The molecule has 1 atom stereocenters. The Bertz CT molecular complexity index is 339. The molecule has 0 bridgehead atoms. The molecule has 5 heteroatoms. The first-order valence-corrected chi connectivity index (χ1v) is 6.07. The molecule has 1 saturated heterocycles. The zero-order valence-electron chi connectivity index (χ0n) is 8.94. The van der Waals surface area contributed by atoms with Gasteiger partial charge < -0.3 is 15.7 Å². The van der Waals surface area contributed by atoms with Crippen molar-refractivity contribution in [3.8, 4) is 0 Å². The van der Waals surface area contributed by atoms with Crippen molar-refractivity contribution in [3.63, 3.8) is 0 Å². The zero-order chi connectivity index (χ0) is 10.8. The normalized spacial score (nSPS) is 22.0. The summed E-state index contributed by atoms with van der Waals surface area (Å²) in [5, 5.41) is 10.3. The Morgan fingerprint density at radius 3 is 3.07 bits per heavy atom. The van der Waals surface area contributed by atoms with Crippen molar-refractivity contribution in [3.05, 3.63) is 5.56 Å². The van der Waals surface area contributed by atoms with Gasteiger partial charge in [-0.05, 0) is 37.2 Å². The van der Waals surface area contributed by atoms with Gasteiger partial charge in [0.1, 0.15) is 10.8 Å². The molecule has 4 nitrogen and oxygen atoms in total. The number of hydrogen-bond donors (Lipinski definition) is 2. The molecule has 1 fully saturated rings. The second-order valence-corrected chi connectivity index (χ2v) is 4.89. The number of nitrogens with zero attached hydrogens (tertiary/aromatic N) is 2. The monoisotopic (exact) mass is 227 g/mol. The molecule has 0 aromatic carbocycles. The van der Waals surface area contributed by atoms with Crippen molar-refractivity contribution in [2.24, 2.45) is 5.92 Å². The van der Waals surface area contributed by atoms with E-state index in [9.17, 15) is 0 Å². The number of nitrogens with two attached hydrogens (primary N) is 1. The van der Waals surface area contributed by atoms with Gasteiger partial charge in [0.25, 0.3) is 0 Å². The van der Waals surface area contributed by atoms with Crippen LogP contribution in [0.2, 0.25) is 0 Å². The van der Waals surface area contributed by atoms with Gasteiger partial charge in [-0.2, -0.15) is 4.37 Å². The molecule has 1 aromatic heterocycles. The quantitative estimate of drug-likeness (QED) is 0.798. The van der Waals surface area contributed by atoms with E-state index in [0.29, 0.717) is 11.7 Å². The lowest BCUT2D eigenvalue weighted by Gasteiger charge is -2.32. The molecule has 3 N–H and O–H groups in total. The minimum absolute atomic E-state index is 0.282. The number of anilines is 2. The number of nitrogen functional groups attached to an aromatic ring is 1. The number of hydrogen-bond acceptors (Lipinski definition) is 5. The molecular formula is C10H17N3OS. The molecule has 0 spiro atoms. The Morgan fingerprint density at radius 2 is 2.47 bits per heavy atom. The fourth-order valence-corrected chi connectivity index (χ4v) is 2.88. The van der Waals surface area contributed by atoms with E-state index in [1.807, 2.05) is 6.92 Å². The number of piperidine rings is 1. The van der Waals surface area contributed by atoms with Gasteiger partial charge in [-0.3, -0.25) is 0 Å². The highest BCUT2D eigenvalue weighted by molar-refractivity contribution is 7.10. The number of aliphatic hydroxyl groups is 1. The van der Waals surface area contributed by atoms with E-state index < -0.39 is 0 Å². The first-order chi connectivity index (χ1) is 7.22. The predicted octanol–water partition coefficient (Wildman–Crippen LogP) is 1.24. The summed E-state index contributed by atoms with van der Waals surface area (Å²) in [5.74, 6) is 1.04. The van der Waals surface area contributed by atoms with Crippen LogP contribution in [-0.4, -0.2) is 29.2 Å². The van der Waals surface area contributed by atoms with Gasteiger partial charge in [-0.1, -0.05) is 0 Å². The van der Waals surface area contributed by atoms with E-state index in [0.717, 1.165) is 31.5 Å². The number of aliphatic hydroxyl groups excluding tert-OH is 1. The van der Waals surface area contributed by atoms with Crippen LogP contribution in [-0.2, 0) is 0 Å². The third-order valence-electron chi connectivity index (χ3n) is 3.00. The Labute approximate surface area is 93.9 Å². The van der Waals surface area contributed by atoms with Crippen LogP contribution in [0.5, 0.6) is 0 Å². The summed E-state index contributed by atoms with van der Waals surface area (Å²) >= 11 is 1.46. The van der Waals surface area contributed by atoms with Crippen molar-refractivity contribution in [2.45, 2.75) is 19.8 Å². The van der Waals surface area contributed by atoms with Crippen LogP contribution in [0.25, 0.3) is 0 Å². The molecule has 0 saturated carbocycles. The van der Waals surface area contributed by atoms with Crippen LogP contribution < -0.4 is 10.6 Å². The molecule has 84 valence electrons. The molecule has 2 heterocycles. The molecule has 15 heavy (non-hydrogen) atoms. The van der Waals surface area contributed by atoms with Crippen molar-refractivity contribution in [2.75, 3.05) is 30.3 Å². The Morgan fingerprint density at radius 1 is 1.67 bits per heavy atom. The smallest absolute Gasteiger partial charge is 0.142 e. The van der Waals surface area contributed by atoms with Crippen LogP contribution in [0.3, 0.4) is 0 Å². The summed E-state index contributed by atoms with van der Waals surface area (Å²) < 4.78 is 4.16. The van der Waals surface area contributed by atoms with E-state index in [4.69, 9.17) is 10.8 Å². The third kappa shape index (κ3) is 2.08. The maximum absolute atomic E-state index is 9.17. The van der Waals surface area contributed by atoms with Gasteiger partial charge in [0.2, 0.25) is 0 Å². The Balaban J connectivity index is 2.13. The third-order valence-corrected chi connectivity index (χ3v) is 4.03.